The van der Waals surface area contributed by atoms with E-state index in [1.807, 2.05) is 4.90 Å². The Balaban J connectivity index is 2.57. The zero-order valence-electron chi connectivity index (χ0n) is 9.03. The summed E-state index contributed by atoms with van der Waals surface area (Å²) >= 11 is 0. The number of likely N-dealkylation sites (tertiary alicyclic amines) is 1. The molecule has 1 amide bonds. The van der Waals surface area contributed by atoms with Gasteiger partial charge in [-0.05, 0) is 12.8 Å². The third-order valence-corrected chi connectivity index (χ3v) is 2.45. The third-order valence-electron chi connectivity index (χ3n) is 2.45. The molecule has 0 saturated carbocycles. The molecule has 0 aromatic carbocycles. The minimum atomic E-state index is -0.405. The molecule has 1 fully saturated rings. The maximum atomic E-state index is 11.4. The van der Waals surface area contributed by atoms with Crippen LogP contribution in [0.25, 0.3) is 0 Å². The standard InChI is InChI=1S/C10H16N2O3/c1-11-10(14)8-4-3-6-12(8)7-5-9(13)15-2/h5,7-8H,3-4,6H2,1-2H3,(H,11,14). The Bertz CT molecular complexity index is 276. The van der Waals surface area contributed by atoms with Crippen LogP contribution in [0.1, 0.15) is 12.8 Å². The van der Waals surface area contributed by atoms with Crippen LogP contribution in [0.2, 0.25) is 0 Å². The molecule has 1 aliphatic rings. The molecular formula is C10H16N2O3. The van der Waals surface area contributed by atoms with E-state index in [1.54, 1.807) is 13.2 Å². The zero-order chi connectivity index (χ0) is 11.3. The number of amides is 1. The number of esters is 1. The largest absolute Gasteiger partial charge is 0.466 e. The first-order valence-electron chi connectivity index (χ1n) is 4.92. The second-order valence-electron chi connectivity index (χ2n) is 3.35. The van der Waals surface area contributed by atoms with Crippen molar-refractivity contribution in [3.8, 4) is 0 Å². The molecule has 1 atom stereocenters. The van der Waals surface area contributed by atoms with Gasteiger partial charge in [0.25, 0.3) is 0 Å². The fourth-order valence-corrected chi connectivity index (χ4v) is 1.64. The molecule has 1 saturated heterocycles. The predicted octanol–water partition coefficient (Wildman–Crippen LogP) is -0.117. The van der Waals surface area contributed by atoms with Crippen molar-refractivity contribution in [3.05, 3.63) is 12.3 Å². The van der Waals surface area contributed by atoms with Crippen LogP contribution in [0.4, 0.5) is 0 Å². The Morgan fingerprint density at radius 2 is 2.27 bits per heavy atom. The van der Waals surface area contributed by atoms with E-state index in [0.29, 0.717) is 0 Å². The molecule has 0 spiro atoms. The number of nitrogens with one attached hydrogen (secondary N) is 1. The summed E-state index contributed by atoms with van der Waals surface area (Å²) in [6, 6.07) is -0.157. The van der Waals surface area contributed by atoms with Crippen molar-refractivity contribution >= 4 is 11.9 Å². The maximum absolute atomic E-state index is 11.4. The summed E-state index contributed by atoms with van der Waals surface area (Å²) in [7, 11) is 2.94. The van der Waals surface area contributed by atoms with Crippen molar-refractivity contribution in [2.45, 2.75) is 18.9 Å². The van der Waals surface area contributed by atoms with Gasteiger partial charge in [-0.25, -0.2) is 4.79 Å². The molecule has 0 aromatic rings. The van der Waals surface area contributed by atoms with E-state index in [4.69, 9.17) is 0 Å². The van der Waals surface area contributed by atoms with Crippen molar-refractivity contribution in [3.63, 3.8) is 0 Å². The summed E-state index contributed by atoms with van der Waals surface area (Å²) in [6.07, 6.45) is 4.74. The van der Waals surface area contributed by atoms with Crippen LogP contribution < -0.4 is 5.32 Å². The summed E-state index contributed by atoms with van der Waals surface area (Å²) in [5.74, 6) is -0.417. The summed E-state index contributed by atoms with van der Waals surface area (Å²) in [5.41, 5.74) is 0. The molecule has 0 aliphatic carbocycles. The lowest BCUT2D eigenvalue weighted by molar-refractivity contribution is -0.135. The van der Waals surface area contributed by atoms with Gasteiger partial charge in [0.1, 0.15) is 6.04 Å². The number of ether oxygens (including phenoxy) is 1. The topological polar surface area (TPSA) is 58.6 Å². The monoisotopic (exact) mass is 212 g/mol. The fraction of sp³-hybridized carbons (Fsp3) is 0.600. The molecule has 1 aliphatic heterocycles. The van der Waals surface area contributed by atoms with Crippen LogP contribution in [0.3, 0.4) is 0 Å². The molecule has 5 nitrogen and oxygen atoms in total. The lowest BCUT2D eigenvalue weighted by atomic mass is 10.2. The number of likely N-dealkylation sites (N-methyl/N-ethyl adjacent to an activating group) is 1. The summed E-state index contributed by atoms with van der Waals surface area (Å²) in [4.78, 5) is 24.2. The van der Waals surface area contributed by atoms with Gasteiger partial charge in [-0.2, -0.15) is 0 Å². The number of hydrogen-bond acceptors (Lipinski definition) is 4. The second kappa shape index (κ2) is 5.38. The SMILES string of the molecule is CNC(=O)C1CCCN1C=CC(=O)OC. The first-order valence-corrected chi connectivity index (χ1v) is 4.92. The van der Waals surface area contributed by atoms with Gasteiger partial charge in [0.05, 0.1) is 7.11 Å². The molecule has 15 heavy (non-hydrogen) atoms. The van der Waals surface area contributed by atoms with Crippen molar-refractivity contribution in [2.75, 3.05) is 20.7 Å². The van der Waals surface area contributed by atoms with E-state index in [2.05, 4.69) is 10.1 Å². The van der Waals surface area contributed by atoms with Crippen molar-refractivity contribution < 1.29 is 14.3 Å². The van der Waals surface area contributed by atoms with Crippen molar-refractivity contribution in [1.82, 2.24) is 10.2 Å². The molecule has 1 rings (SSSR count). The summed E-state index contributed by atoms with van der Waals surface area (Å²) < 4.78 is 4.48. The lowest BCUT2D eigenvalue weighted by Crippen LogP contribution is -2.39. The van der Waals surface area contributed by atoms with Crippen LogP contribution in [0, 0.1) is 0 Å². The quantitative estimate of drug-likeness (QED) is 0.523. The Morgan fingerprint density at radius 3 is 2.87 bits per heavy atom. The van der Waals surface area contributed by atoms with Gasteiger partial charge in [-0.3, -0.25) is 4.79 Å². The van der Waals surface area contributed by atoms with Gasteiger partial charge in [-0.1, -0.05) is 0 Å². The van der Waals surface area contributed by atoms with Gasteiger partial charge in [0, 0.05) is 25.9 Å². The number of carbonyl (C=O) groups is 2. The van der Waals surface area contributed by atoms with Crippen LogP contribution in [-0.4, -0.2) is 43.5 Å². The molecule has 84 valence electrons. The zero-order valence-corrected chi connectivity index (χ0v) is 9.03. The third kappa shape index (κ3) is 2.97. The van der Waals surface area contributed by atoms with Gasteiger partial charge >= 0.3 is 5.97 Å². The van der Waals surface area contributed by atoms with Gasteiger partial charge in [0.2, 0.25) is 5.91 Å². The number of nitrogens with zero attached hydrogens (tertiary/aromatic N) is 1. The first-order chi connectivity index (χ1) is 7.19. The van der Waals surface area contributed by atoms with Crippen LogP contribution in [0.5, 0.6) is 0 Å². The Hall–Kier alpha value is -1.52. The van der Waals surface area contributed by atoms with Crippen molar-refractivity contribution in [1.29, 1.82) is 0 Å². The molecule has 0 radical (unpaired) electrons. The highest BCUT2D eigenvalue weighted by atomic mass is 16.5. The van der Waals surface area contributed by atoms with E-state index in [-0.39, 0.29) is 11.9 Å². The van der Waals surface area contributed by atoms with E-state index < -0.39 is 5.97 Å². The lowest BCUT2D eigenvalue weighted by Gasteiger charge is -2.20. The summed E-state index contributed by atoms with van der Waals surface area (Å²) in [5, 5.41) is 2.61. The molecular weight excluding hydrogens is 196 g/mol. The number of hydrogen-bond donors (Lipinski definition) is 1. The minimum Gasteiger partial charge on any atom is -0.466 e. The second-order valence-corrected chi connectivity index (χ2v) is 3.35. The Kier molecular flexibility index (Phi) is 4.15. The number of rotatable bonds is 3. The summed E-state index contributed by atoms with van der Waals surface area (Å²) in [6.45, 7) is 0.797. The van der Waals surface area contributed by atoms with E-state index in [0.717, 1.165) is 19.4 Å². The smallest absolute Gasteiger partial charge is 0.331 e. The van der Waals surface area contributed by atoms with Crippen LogP contribution in [0.15, 0.2) is 12.3 Å². The Labute approximate surface area is 89.1 Å². The average molecular weight is 212 g/mol. The molecule has 1 heterocycles. The molecule has 1 N–H and O–H groups in total. The molecule has 1 unspecified atom stereocenters. The van der Waals surface area contributed by atoms with Gasteiger partial charge in [-0.15, -0.1) is 0 Å². The predicted molar refractivity (Wildman–Crippen MR) is 55.0 cm³/mol. The molecule has 0 aromatic heterocycles. The molecule has 5 heteroatoms. The Morgan fingerprint density at radius 1 is 1.53 bits per heavy atom. The van der Waals surface area contributed by atoms with Crippen LogP contribution in [-0.2, 0) is 14.3 Å². The van der Waals surface area contributed by atoms with E-state index in [1.165, 1.54) is 13.2 Å². The van der Waals surface area contributed by atoms with E-state index in [9.17, 15) is 9.59 Å². The molecule has 0 bridgehead atoms. The fourth-order valence-electron chi connectivity index (χ4n) is 1.64. The highest BCUT2D eigenvalue weighted by molar-refractivity contribution is 5.83. The number of carbonyl (C=O) groups excluding carboxylic acids is 2. The maximum Gasteiger partial charge on any atom is 0.331 e. The minimum absolute atomic E-state index is 0.0120. The normalized spacial score (nSPS) is 20.7. The van der Waals surface area contributed by atoms with Gasteiger partial charge < -0.3 is 15.0 Å². The number of methoxy groups -OCH3 is 1. The highest BCUT2D eigenvalue weighted by Crippen LogP contribution is 2.17. The average Bonchev–Trinajstić information content (AvgIpc) is 2.72. The van der Waals surface area contributed by atoms with Crippen LogP contribution >= 0.6 is 0 Å². The van der Waals surface area contributed by atoms with Gasteiger partial charge in [0.15, 0.2) is 0 Å². The van der Waals surface area contributed by atoms with E-state index >= 15 is 0 Å². The highest BCUT2D eigenvalue weighted by Gasteiger charge is 2.27. The first kappa shape index (κ1) is 11.6. The van der Waals surface area contributed by atoms with Crippen molar-refractivity contribution in [2.24, 2.45) is 0 Å².